The van der Waals surface area contributed by atoms with Crippen LogP contribution in [0.15, 0.2) is 100 Å². The molecule has 3 atom stereocenters. The molecule has 0 radical (unpaired) electrons. The van der Waals surface area contributed by atoms with Crippen molar-refractivity contribution in [1.29, 1.82) is 0 Å². The van der Waals surface area contributed by atoms with E-state index in [0.29, 0.717) is 28.5 Å². The van der Waals surface area contributed by atoms with E-state index in [1.54, 1.807) is 12.1 Å². The highest BCUT2D eigenvalue weighted by atomic mass is 79.9. The van der Waals surface area contributed by atoms with E-state index in [-0.39, 0.29) is 6.04 Å². The topological polar surface area (TPSA) is 33.6 Å². The zero-order valence-corrected chi connectivity index (χ0v) is 24.5. The van der Waals surface area contributed by atoms with Crippen LogP contribution >= 0.6 is 39.1 Å². The number of allylic oxidation sites excluding steroid dienone is 2. The molecule has 0 amide bonds. The first-order valence-corrected chi connectivity index (χ1v) is 14.5. The fourth-order valence-corrected chi connectivity index (χ4v) is 6.44. The smallest absolute Gasteiger partial charge is 0.134 e. The van der Waals surface area contributed by atoms with Crippen molar-refractivity contribution < 1.29 is 4.74 Å². The highest BCUT2D eigenvalue weighted by Crippen LogP contribution is 2.50. The van der Waals surface area contributed by atoms with Crippen molar-refractivity contribution in [2.24, 2.45) is 10.9 Å². The molecule has 2 aliphatic rings. The molecule has 39 heavy (non-hydrogen) atoms. The minimum absolute atomic E-state index is 0.282. The van der Waals surface area contributed by atoms with E-state index < -0.39 is 0 Å². The minimum Gasteiger partial charge on any atom is -0.488 e. The molecule has 196 valence electrons. The number of anilines is 1. The molecule has 6 rings (SSSR count). The van der Waals surface area contributed by atoms with Gasteiger partial charge in [-0.3, -0.25) is 4.99 Å². The van der Waals surface area contributed by atoms with Gasteiger partial charge in [0.2, 0.25) is 0 Å². The molecule has 0 aromatic heterocycles. The van der Waals surface area contributed by atoms with Crippen LogP contribution in [0.3, 0.4) is 0 Å². The molecule has 4 aromatic rings. The Morgan fingerprint density at radius 1 is 1.00 bits per heavy atom. The molecule has 0 saturated carbocycles. The van der Waals surface area contributed by atoms with Crippen molar-refractivity contribution in [2.45, 2.75) is 31.9 Å². The maximum atomic E-state index is 6.26. The van der Waals surface area contributed by atoms with Gasteiger partial charge >= 0.3 is 0 Å². The molecule has 0 saturated heterocycles. The van der Waals surface area contributed by atoms with Crippen LogP contribution in [0.2, 0.25) is 10.0 Å². The molecule has 3 nitrogen and oxygen atoms in total. The van der Waals surface area contributed by atoms with Gasteiger partial charge in [-0.2, -0.15) is 0 Å². The number of nitrogens with one attached hydrogen (secondary N) is 1. The minimum atomic E-state index is 0.282. The fourth-order valence-electron chi connectivity index (χ4n) is 5.47. The fraction of sp³-hybridized carbons (Fsp3) is 0.182. The standard InChI is InChI=1S/C33H27BrCl2N2O/c1-20-5-13-31-28(15-20)26-3-2-4-27(26)33(38-31)22-8-11-25(12-9-22)37-18-21-6-14-32(29(34)16-21)39-19-23-7-10-24(35)17-30(23)36/h2-3,5-18,26-27,33,38H,4,19H2,1H3/t26-,27-,33-/m1/s1. The molecule has 0 fully saturated rings. The highest BCUT2D eigenvalue weighted by Gasteiger charge is 2.37. The van der Waals surface area contributed by atoms with Gasteiger partial charge in [-0.15, -0.1) is 0 Å². The predicted octanol–water partition coefficient (Wildman–Crippen LogP) is 10.2. The Bertz CT molecular complexity index is 1580. The monoisotopic (exact) mass is 616 g/mol. The van der Waals surface area contributed by atoms with E-state index >= 15 is 0 Å². The number of nitrogens with zero attached hydrogens (tertiary/aromatic N) is 1. The number of fused-ring (bicyclic) bond motifs is 3. The van der Waals surface area contributed by atoms with Crippen LogP contribution in [-0.2, 0) is 6.61 Å². The van der Waals surface area contributed by atoms with E-state index in [0.717, 1.165) is 33.5 Å². The third-order valence-corrected chi connectivity index (χ3v) is 8.69. The summed E-state index contributed by atoms with van der Waals surface area (Å²) in [6.45, 7) is 2.52. The SMILES string of the molecule is Cc1ccc2c(c1)[C@@H]1C=CC[C@H]1[C@@H](c1ccc(N=Cc3ccc(OCc4ccc(Cl)cc4Cl)c(Br)c3)cc1)N2. The predicted molar refractivity (Wildman–Crippen MR) is 166 cm³/mol. The summed E-state index contributed by atoms with van der Waals surface area (Å²) in [6, 6.07) is 26.9. The summed E-state index contributed by atoms with van der Waals surface area (Å²) < 4.78 is 6.81. The van der Waals surface area contributed by atoms with Gasteiger partial charge in [0.25, 0.3) is 0 Å². The van der Waals surface area contributed by atoms with Crippen molar-refractivity contribution in [2.75, 3.05) is 5.32 Å². The van der Waals surface area contributed by atoms with E-state index in [4.69, 9.17) is 32.9 Å². The van der Waals surface area contributed by atoms with Crippen molar-refractivity contribution in [1.82, 2.24) is 0 Å². The quantitative estimate of drug-likeness (QED) is 0.172. The van der Waals surface area contributed by atoms with Crippen LogP contribution in [0.25, 0.3) is 0 Å². The zero-order chi connectivity index (χ0) is 26.9. The first kappa shape index (κ1) is 26.2. The van der Waals surface area contributed by atoms with Crippen molar-refractivity contribution in [3.05, 3.63) is 133 Å². The Kier molecular flexibility index (Phi) is 7.53. The highest BCUT2D eigenvalue weighted by molar-refractivity contribution is 9.10. The first-order valence-electron chi connectivity index (χ1n) is 13.0. The van der Waals surface area contributed by atoms with Gasteiger partial charge in [-0.25, -0.2) is 0 Å². The third kappa shape index (κ3) is 5.65. The van der Waals surface area contributed by atoms with Gasteiger partial charge < -0.3 is 10.1 Å². The second kappa shape index (κ2) is 11.2. The number of hydrogen-bond acceptors (Lipinski definition) is 3. The van der Waals surface area contributed by atoms with E-state index in [2.05, 4.69) is 82.8 Å². The molecule has 1 aliphatic heterocycles. The van der Waals surface area contributed by atoms with E-state index in [1.165, 1.54) is 22.4 Å². The van der Waals surface area contributed by atoms with Gasteiger partial charge in [0.15, 0.2) is 0 Å². The van der Waals surface area contributed by atoms with Crippen LogP contribution in [0.5, 0.6) is 5.75 Å². The Balaban J connectivity index is 1.12. The molecule has 4 aromatic carbocycles. The average Bonchev–Trinajstić information content (AvgIpc) is 3.43. The summed E-state index contributed by atoms with van der Waals surface area (Å²) in [5, 5.41) is 5.01. The molecule has 1 N–H and O–H groups in total. The normalized spacial score (nSPS) is 19.5. The molecule has 1 heterocycles. The van der Waals surface area contributed by atoms with Crippen LogP contribution in [0, 0.1) is 12.8 Å². The van der Waals surface area contributed by atoms with Crippen molar-refractivity contribution in [3.63, 3.8) is 0 Å². The summed E-state index contributed by atoms with van der Waals surface area (Å²) >= 11 is 15.9. The van der Waals surface area contributed by atoms with Gasteiger partial charge in [0, 0.05) is 33.4 Å². The lowest BCUT2D eigenvalue weighted by molar-refractivity contribution is 0.304. The number of hydrogen-bond donors (Lipinski definition) is 1. The zero-order valence-electron chi connectivity index (χ0n) is 21.4. The second-order valence-corrected chi connectivity index (χ2v) is 11.8. The third-order valence-electron chi connectivity index (χ3n) is 7.49. The summed E-state index contributed by atoms with van der Waals surface area (Å²) in [7, 11) is 0. The first-order chi connectivity index (χ1) is 18.9. The van der Waals surface area contributed by atoms with Gasteiger partial charge in [0.1, 0.15) is 12.4 Å². The summed E-state index contributed by atoms with van der Waals surface area (Å²) in [5.41, 5.74) is 8.04. The van der Waals surface area contributed by atoms with Crippen LogP contribution < -0.4 is 10.1 Å². The van der Waals surface area contributed by atoms with Crippen LogP contribution in [0.4, 0.5) is 11.4 Å². The molecular weight excluding hydrogens is 591 g/mol. The van der Waals surface area contributed by atoms with Crippen LogP contribution in [-0.4, -0.2) is 6.21 Å². The van der Waals surface area contributed by atoms with Gasteiger partial charge in [-0.05, 0) is 100 Å². The van der Waals surface area contributed by atoms with Gasteiger partial charge in [0.05, 0.1) is 16.2 Å². The lowest BCUT2D eigenvalue weighted by Crippen LogP contribution is -2.29. The molecule has 0 bridgehead atoms. The van der Waals surface area contributed by atoms with Crippen LogP contribution in [0.1, 0.15) is 46.2 Å². The molecule has 1 aliphatic carbocycles. The molecule has 0 spiro atoms. The number of benzene rings is 4. The molecular formula is C33H27BrCl2N2O. The Morgan fingerprint density at radius 3 is 2.64 bits per heavy atom. The average molecular weight is 618 g/mol. The molecule has 6 heteroatoms. The lowest BCUT2D eigenvalue weighted by Gasteiger charge is -2.37. The lowest BCUT2D eigenvalue weighted by atomic mass is 9.76. The van der Waals surface area contributed by atoms with E-state index in [1.807, 2.05) is 30.5 Å². The Hall–Kier alpha value is -3.05. The largest absolute Gasteiger partial charge is 0.488 e. The number of aliphatic imine (C=N–C) groups is 1. The van der Waals surface area contributed by atoms with Crippen molar-refractivity contribution >= 4 is 56.7 Å². The summed E-state index contributed by atoms with van der Waals surface area (Å²) in [6.07, 6.45) is 7.68. The Labute approximate surface area is 247 Å². The van der Waals surface area contributed by atoms with Gasteiger partial charge in [-0.1, -0.05) is 71.2 Å². The number of rotatable bonds is 6. The maximum absolute atomic E-state index is 6.26. The second-order valence-electron chi connectivity index (χ2n) is 10.1. The number of ether oxygens (including phenoxy) is 1. The number of halogens is 3. The maximum Gasteiger partial charge on any atom is 0.134 e. The van der Waals surface area contributed by atoms with Crippen molar-refractivity contribution in [3.8, 4) is 5.75 Å². The van der Waals surface area contributed by atoms with E-state index in [9.17, 15) is 0 Å². The number of aryl methyl sites for hydroxylation is 1. The Morgan fingerprint density at radius 2 is 1.85 bits per heavy atom. The molecule has 0 unspecified atom stereocenters. The summed E-state index contributed by atoms with van der Waals surface area (Å²) in [5.74, 6) is 1.74. The summed E-state index contributed by atoms with van der Waals surface area (Å²) in [4.78, 5) is 4.71.